The first-order valence-corrected chi connectivity index (χ1v) is 10.8. The van der Waals surface area contributed by atoms with E-state index in [2.05, 4.69) is 34.6 Å². The highest BCUT2D eigenvalue weighted by molar-refractivity contribution is 7.14. The number of aryl methyl sites for hydroxylation is 1. The second-order valence-electron chi connectivity index (χ2n) is 6.93. The zero-order valence-corrected chi connectivity index (χ0v) is 18.2. The van der Waals surface area contributed by atoms with Gasteiger partial charge in [-0.25, -0.2) is 4.98 Å². The lowest BCUT2D eigenvalue weighted by atomic mass is 10.1. The van der Waals surface area contributed by atoms with Crippen molar-refractivity contribution in [3.63, 3.8) is 0 Å². The number of nitrogens with zero attached hydrogens (tertiary/aromatic N) is 2. The van der Waals surface area contributed by atoms with Crippen molar-refractivity contribution in [1.29, 1.82) is 0 Å². The van der Waals surface area contributed by atoms with Crippen LogP contribution in [0, 0.1) is 6.92 Å². The first-order chi connectivity index (χ1) is 15.2. The van der Waals surface area contributed by atoms with E-state index in [1.54, 1.807) is 13.3 Å². The van der Waals surface area contributed by atoms with Crippen molar-refractivity contribution >= 4 is 22.7 Å². The Balaban J connectivity index is 1.48. The Hall–Kier alpha value is -3.64. The van der Waals surface area contributed by atoms with E-state index in [-0.39, 0.29) is 0 Å². The summed E-state index contributed by atoms with van der Waals surface area (Å²) in [6, 6.07) is 24.1. The van der Waals surface area contributed by atoms with Crippen molar-refractivity contribution in [3.8, 4) is 22.8 Å². The van der Waals surface area contributed by atoms with Crippen molar-refractivity contribution in [2.75, 3.05) is 12.5 Å². The average Bonchev–Trinajstić information content (AvgIpc) is 3.27. The number of para-hydroxylation sites is 1. The largest absolute Gasteiger partial charge is 0.493 e. The Morgan fingerprint density at radius 2 is 1.87 bits per heavy atom. The van der Waals surface area contributed by atoms with E-state index >= 15 is 0 Å². The lowest BCUT2D eigenvalue weighted by molar-refractivity contribution is 0.284. The monoisotopic (exact) mass is 429 g/mol. The minimum absolute atomic E-state index is 0.448. The molecule has 1 N–H and O–H groups in total. The number of rotatable bonds is 8. The molecule has 156 valence electrons. The number of hydrazone groups is 1. The summed E-state index contributed by atoms with van der Waals surface area (Å²) < 4.78 is 11.6. The molecular weight excluding hydrogens is 406 g/mol. The number of hydrogen-bond donors (Lipinski definition) is 1. The van der Waals surface area contributed by atoms with E-state index in [4.69, 9.17) is 9.47 Å². The number of methoxy groups -OCH3 is 1. The van der Waals surface area contributed by atoms with Gasteiger partial charge in [-0.1, -0.05) is 66.2 Å². The molecule has 0 aliphatic rings. The Kier molecular flexibility index (Phi) is 6.59. The van der Waals surface area contributed by atoms with Gasteiger partial charge in [0.05, 0.1) is 19.0 Å². The Morgan fingerprint density at radius 3 is 2.68 bits per heavy atom. The molecule has 0 aliphatic heterocycles. The normalized spacial score (nSPS) is 10.9. The van der Waals surface area contributed by atoms with Gasteiger partial charge in [0.1, 0.15) is 6.61 Å². The SMILES string of the molecule is COc1cccc(C=NNc2nc(-c3ccccc3)cs2)c1OCc1cccc(C)c1. The van der Waals surface area contributed by atoms with Crippen molar-refractivity contribution in [2.24, 2.45) is 5.10 Å². The number of ether oxygens (including phenoxy) is 2. The number of thiazole rings is 1. The third kappa shape index (κ3) is 5.29. The lowest BCUT2D eigenvalue weighted by Gasteiger charge is -2.13. The van der Waals surface area contributed by atoms with E-state index in [0.29, 0.717) is 18.1 Å². The summed E-state index contributed by atoms with van der Waals surface area (Å²) in [7, 11) is 1.63. The van der Waals surface area contributed by atoms with Crippen LogP contribution in [0.25, 0.3) is 11.3 Å². The van der Waals surface area contributed by atoms with Gasteiger partial charge in [-0.3, -0.25) is 5.43 Å². The van der Waals surface area contributed by atoms with Gasteiger partial charge in [0.25, 0.3) is 0 Å². The van der Waals surface area contributed by atoms with Crippen molar-refractivity contribution in [3.05, 3.63) is 94.9 Å². The topological polar surface area (TPSA) is 55.7 Å². The predicted molar refractivity (Wildman–Crippen MR) is 127 cm³/mol. The van der Waals surface area contributed by atoms with Crippen molar-refractivity contribution in [1.82, 2.24) is 4.98 Å². The minimum atomic E-state index is 0.448. The average molecular weight is 430 g/mol. The van der Waals surface area contributed by atoms with Crippen LogP contribution in [0.4, 0.5) is 5.13 Å². The maximum Gasteiger partial charge on any atom is 0.203 e. The lowest BCUT2D eigenvalue weighted by Crippen LogP contribution is -2.01. The maximum absolute atomic E-state index is 6.11. The fourth-order valence-electron chi connectivity index (χ4n) is 3.13. The summed E-state index contributed by atoms with van der Waals surface area (Å²) in [6.45, 7) is 2.52. The maximum atomic E-state index is 6.11. The zero-order chi connectivity index (χ0) is 21.5. The highest BCUT2D eigenvalue weighted by Gasteiger charge is 2.10. The van der Waals surface area contributed by atoms with Crippen LogP contribution in [0.1, 0.15) is 16.7 Å². The standard InChI is InChI=1S/C25H23N3O2S/c1-18-8-6-9-19(14-18)16-30-24-21(12-7-13-23(24)29-2)15-26-28-25-27-22(17-31-25)20-10-4-3-5-11-20/h3-15,17H,16H2,1-2H3,(H,27,28). The van der Waals surface area contributed by atoms with Gasteiger partial charge in [0.15, 0.2) is 11.5 Å². The molecule has 31 heavy (non-hydrogen) atoms. The van der Waals surface area contributed by atoms with Gasteiger partial charge in [0.2, 0.25) is 5.13 Å². The quantitative estimate of drug-likeness (QED) is 0.269. The van der Waals surface area contributed by atoms with Crippen molar-refractivity contribution < 1.29 is 9.47 Å². The molecule has 0 aliphatic carbocycles. The Bertz CT molecular complexity index is 1170. The van der Waals surface area contributed by atoms with Crippen LogP contribution in [0.2, 0.25) is 0 Å². The molecule has 0 radical (unpaired) electrons. The van der Waals surface area contributed by atoms with E-state index in [0.717, 1.165) is 27.5 Å². The second-order valence-corrected chi connectivity index (χ2v) is 7.79. The smallest absolute Gasteiger partial charge is 0.203 e. The molecule has 0 saturated carbocycles. The fraction of sp³-hybridized carbons (Fsp3) is 0.120. The number of anilines is 1. The third-order valence-electron chi connectivity index (χ3n) is 4.63. The van der Waals surface area contributed by atoms with Crippen LogP contribution in [0.15, 0.2) is 83.3 Å². The number of hydrogen-bond acceptors (Lipinski definition) is 6. The van der Waals surface area contributed by atoms with Gasteiger partial charge >= 0.3 is 0 Å². The summed E-state index contributed by atoms with van der Waals surface area (Å²) in [5.41, 5.74) is 8.13. The highest BCUT2D eigenvalue weighted by atomic mass is 32.1. The summed E-state index contributed by atoms with van der Waals surface area (Å²) in [5, 5.41) is 7.09. The van der Waals surface area contributed by atoms with E-state index in [1.165, 1.54) is 16.9 Å². The van der Waals surface area contributed by atoms with Crippen LogP contribution in [0.3, 0.4) is 0 Å². The molecule has 0 spiro atoms. The molecule has 0 fully saturated rings. The van der Waals surface area contributed by atoms with Crippen LogP contribution in [-0.2, 0) is 6.61 Å². The summed E-state index contributed by atoms with van der Waals surface area (Å²) in [4.78, 5) is 4.59. The molecule has 0 bridgehead atoms. The van der Waals surface area contributed by atoms with Gasteiger partial charge in [-0.15, -0.1) is 11.3 Å². The van der Waals surface area contributed by atoms with Crippen LogP contribution in [-0.4, -0.2) is 18.3 Å². The van der Waals surface area contributed by atoms with Gasteiger partial charge < -0.3 is 9.47 Å². The van der Waals surface area contributed by atoms with Crippen LogP contribution < -0.4 is 14.9 Å². The molecule has 0 atom stereocenters. The van der Waals surface area contributed by atoms with Gasteiger partial charge in [0, 0.05) is 16.5 Å². The summed E-state index contributed by atoms with van der Waals surface area (Å²) in [6.07, 6.45) is 1.72. The van der Waals surface area contributed by atoms with Crippen LogP contribution >= 0.6 is 11.3 Å². The van der Waals surface area contributed by atoms with Crippen LogP contribution in [0.5, 0.6) is 11.5 Å². The minimum Gasteiger partial charge on any atom is -0.493 e. The van der Waals surface area contributed by atoms with Gasteiger partial charge in [-0.2, -0.15) is 5.10 Å². The Morgan fingerprint density at radius 1 is 1.03 bits per heavy atom. The van der Waals surface area contributed by atoms with E-state index in [9.17, 15) is 0 Å². The molecule has 3 aromatic carbocycles. The number of aromatic nitrogens is 1. The summed E-state index contributed by atoms with van der Waals surface area (Å²) in [5.74, 6) is 1.32. The highest BCUT2D eigenvalue weighted by Crippen LogP contribution is 2.31. The second kappa shape index (κ2) is 9.91. The fourth-order valence-corrected chi connectivity index (χ4v) is 3.80. The predicted octanol–water partition coefficient (Wildman–Crippen LogP) is 6.15. The number of benzene rings is 3. The summed E-state index contributed by atoms with van der Waals surface area (Å²) >= 11 is 1.51. The molecule has 5 nitrogen and oxygen atoms in total. The van der Waals surface area contributed by atoms with Gasteiger partial charge in [-0.05, 0) is 24.6 Å². The molecule has 1 aromatic heterocycles. The first kappa shape index (κ1) is 20.6. The number of nitrogens with one attached hydrogen (secondary N) is 1. The third-order valence-corrected chi connectivity index (χ3v) is 5.38. The molecule has 4 aromatic rings. The first-order valence-electron chi connectivity index (χ1n) is 9.88. The molecule has 0 unspecified atom stereocenters. The molecular formula is C25H23N3O2S. The van der Waals surface area contributed by atoms with E-state index < -0.39 is 0 Å². The van der Waals surface area contributed by atoms with E-state index in [1.807, 2.05) is 66.0 Å². The molecule has 4 rings (SSSR count). The molecule has 0 amide bonds. The molecule has 0 saturated heterocycles. The molecule has 6 heteroatoms. The Labute approximate surface area is 186 Å². The molecule has 1 heterocycles. The zero-order valence-electron chi connectivity index (χ0n) is 17.4. The van der Waals surface area contributed by atoms with Crippen molar-refractivity contribution in [2.45, 2.75) is 13.5 Å².